The molecular formula is C7H8N4O. The second-order valence-corrected chi connectivity index (χ2v) is 2.56. The van der Waals surface area contributed by atoms with Crippen LogP contribution in [0.4, 0.5) is 0 Å². The number of carbonyl (C=O) groups is 1. The Balaban J connectivity index is 2.70. The fraction of sp³-hybridized carbons (Fsp3) is 0.571. The number of hydrogen-bond acceptors (Lipinski definition) is 2. The number of nitrogens with zero attached hydrogens (tertiary/aromatic N) is 4. The molecule has 12 heavy (non-hydrogen) atoms. The van der Waals surface area contributed by atoms with Gasteiger partial charge in [-0.2, -0.15) is 5.26 Å². The lowest BCUT2D eigenvalue weighted by molar-refractivity contribution is -0.127. The summed E-state index contributed by atoms with van der Waals surface area (Å²) >= 11 is 0. The molecule has 1 aliphatic rings. The molecule has 0 N–H and O–H groups in total. The second-order valence-electron chi connectivity index (χ2n) is 2.56. The van der Waals surface area contributed by atoms with Gasteiger partial charge in [0.05, 0.1) is 0 Å². The minimum absolute atomic E-state index is 0.433. The zero-order valence-corrected chi connectivity index (χ0v) is 6.53. The summed E-state index contributed by atoms with van der Waals surface area (Å²) in [5, 5.41) is 8.37. The van der Waals surface area contributed by atoms with Crippen molar-refractivity contribution in [2.24, 2.45) is 0 Å². The van der Waals surface area contributed by atoms with Crippen LogP contribution in [-0.4, -0.2) is 34.4 Å². The monoisotopic (exact) mass is 164 g/mol. The van der Waals surface area contributed by atoms with E-state index in [9.17, 15) is 4.79 Å². The first-order valence-electron chi connectivity index (χ1n) is 3.71. The maximum atomic E-state index is 11.2. The van der Waals surface area contributed by atoms with Crippen LogP contribution in [-0.2, 0) is 4.79 Å². The molecule has 1 amide bonds. The molecule has 0 aliphatic carbocycles. The number of hydrogen-bond donors (Lipinski definition) is 0. The highest BCUT2D eigenvalue weighted by Gasteiger charge is 2.28. The van der Waals surface area contributed by atoms with Crippen LogP contribution in [0.15, 0.2) is 0 Å². The molecule has 0 aromatic carbocycles. The molecule has 5 nitrogen and oxygen atoms in total. The Hall–Kier alpha value is -1.66. The Morgan fingerprint density at radius 3 is 2.50 bits per heavy atom. The van der Waals surface area contributed by atoms with Crippen molar-refractivity contribution in [2.45, 2.75) is 12.8 Å². The molecule has 0 saturated carbocycles. The van der Waals surface area contributed by atoms with E-state index in [1.165, 1.54) is 11.0 Å². The van der Waals surface area contributed by atoms with Crippen LogP contribution in [0.25, 0.3) is 5.53 Å². The topological polar surface area (TPSA) is 80.5 Å². The zero-order chi connectivity index (χ0) is 8.97. The van der Waals surface area contributed by atoms with Crippen LogP contribution in [0.5, 0.6) is 0 Å². The quantitative estimate of drug-likeness (QED) is 0.305. The summed E-state index contributed by atoms with van der Waals surface area (Å²) in [6, 6.07) is 1.54. The van der Waals surface area contributed by atoms with Gasteiger partial charge in [-0.1, -0.05) is 0 Å². The summed E-state index contributed by atoms with van der Waals surface area (Å²) in [4.78, 5) is 15.3. The number of amides is 1. The summed E-state index contributed by atoms with van der Waals surface area (Å²) in [6.45, 7) is 1.30. The van der Waals surface area contributed by atoms with Gasteiger partial charge in [-0.3, -0.25) is 4.79 Å². The van der Waals surface area contributed by atoms with Crippen LogP contribution in [0.1, 0.15) is 12.8 Å². The molecule has 1 heterocycles. The van der Waals surface area contributed by atoms with Gasteiger partial charge in [-0.05, 0) is 12.8 Å². The number of rotatable bonds is 1. The third-order valence-corrected chi connectivity index (χ3v) is 1.80. The average Bonchev–Trinajstić information content (AvgIpc) is 2.58. The van der Waals surface area contributed by atoms with Gasteiger partial charge < -0.3 is 10.4 Å². The predicted octanol–water partition coefficient (Wildman–Crippen LogP) is -0.197. The van der Waals surface area contributed by atoms with E-state index in [2.05, 4.69) is 4.79 Å². The van der Waals surface area contributed by atoms with E-state index in [1.54, 1.807) is 0 Å². The third-order valence-electron chi connectivity index (χ3n) is 1.80. The number of likely N-dealkylation sites (tertiary alicyclic amines) is 1. The molecule has 1 aliphatic heterocycles. The normalized spacial score (nSPS) is 15.1. The molecule has 62 valence electrons. The van der Waals surface area contributed by atoms with Gasteiger partial charge in [-0.15, -0.1) is 4.79 Å². The average molecular weight is 164 g/mol. The molecule has 5 heteroatoms. The van der Waals surface area contributed by atoms with Gasteiger partial charge in [0.25, 0.3) is 0 Å². The van der Waals surface area contributed by atoms with Crippen LogP contribution in [0, 0.1) is 11.3 Å². The molecule has 0 atom stereocenters. The van der Waals surface area contributed by atoms with Crippen molar-refractivity contribution in [3.8, 4) is 6.07 Å². The SMILES string of the molecule is N#CC(=[N+]=[N-])C(=O)N1CCCC1. The number of nitriles is 1. The molecule has 0 unspecified atom stereocenters. The Morgan fingerprint density at radius 1 is 1.50 bits per heavy atom. The van der Waals surface area contributed by atoms with Gasteiger partial charge in [0.1, 0.15) is 0 Å². The van der Waals surface area contributed by atoms with E-state index >= 15 is 0 Å². The molecule has 0 radical (unpaired) electrons. The van der Waals surface area contributed by atoms with E-state index in [0.29, 0.717) is 13.1 Å². The van der Waals surface area contributed by atoms with Crippen LogP contribution >= 0.6 is 0 Å². The van der Waals surface area contributed by atoms with Crippen molar-refractivity contribution < 1.29 is 9.58 Å². The van der Waals surface area contributed by atoms with Crippen molar-refractivity contribution in [1.82, 2.24) is 4.90 Å². The van der Waals surface area contributed by atoms with Gasteiger partial charge in [0, 0.05) is 13.1 Å². The smallest absolute Gasteiger partial charge is 0.360 e. The van der Waals surface area contributed by atoms with Gasteiger partial charge in [0.15, 0.2) is 6.07 Å². The minimum atomic E-state index is -0.475. The van der Waals surface area contributed by atoms with Gasteiger partial charge in [0.2, 0.25) is 0 Å². The highest BCUT2D eigenvalue weighted by atomic mass is 16.2. The van der Waals surface area contributed by atoms with Crippen LogP contribution in [0.2, 0.25) is 0 Å². The molecule has 1 rings (SSSR count). The minimum Gasteiger partial charge on any atom is -0.360 e. The molecule has 0 aromatic rings. The highest BCUT2D eigenvalue weighted by molar-refractivity contribution is 6.42. The number of carbonyl (C=O) groups excluding carboxylic acids is 1. The molecular weight excluding hydrogens is 156 g/mol. The Labute approximate surface area is 69.8 Å². The molecule has 0 aromatic heterocycles. The molecule has 0 bridgehead atoms. The van der Waals surface area contributed by atoms with Gasteiger partial charge >= 0.3 is 11.6 Å². The second kappa shape index (κ2) is 3.65. The Bertz CT molecular complexity index is 278. The Kier molecular flexibility index (Phi) is 2.57. The van der Waals surface area contributed by atoms with Crippen molar-refractivity contribution in [2.75, 3.05) is 13.1 Å². The molecule has 1 fully saturated rings. The lowest BCUT2D eigenvalue weighted by atomic mass is 10.3. The first-order valence-corrected chi connectivity index (χ1v) is 3.71. The van der Waals surface area contributed by atoms with Crippen molar-refractivity contribution in [3.05, 3.63) is 5.53 Å². The van der Waals surface area contributed by atoms with E-state index in [4.69, 9.17) is 10.8 Å². The summed E-state index contributed by atoms with van der Waals surface area (Å²) in [7, 11) is 0. The molecule has 0 spiro atoms. The summed E-state index contributed by atoms with van der Waals surface area (Å²) in [5.74, 6) is -0.475. The standard InChI is InChI=1S/C7H8N4O/c8-5-6(10-9)7(12)11-3-1-2-4-11/h1-4H2. The summed E-state index contributed by atoms with van der Waals surface area (Å²) in [6.07, 6.45) is 1.91. The summed E-state index contributed by atoms with van der Waals surface area (Å²) in [5.41, 5.74) is 7.84. The van der Waals surface area contributed by atoms with E-state index in [1.807, 2.05) is 0 Å². The van der Waals surface area contributed by atoms with E-state index < -0.39 is 11.6 Å². The van der Waals surface area contributed by atoms with Crippen molar-refractivity contribution in [3.63, 3.8) is 0 Å². The fourth-order valence-electron chi connectivity index (χ4n) is 1.18. The molecule has 1 saturated heterocycles. The predicted molar refractivity (Wildman–Crippen MR) is 40.1 cm³/mol. The van der Waals surface area contributed by atoms with Crippen molar-refractivity contribution >= 4 is 11.6 Å². The third kappa shape index (κ3) is 1.49. The summed E-state index contributed by atoms with van der Waals surface area (Å²) < 4.78 is 0. The maximum Gasteiger partial charge on any atom is 0.455 e. The maximum absolute atomic E-state index is 11.2. The Morgan fingerprint density at radius 2 is 2.08 bits per heavy atom. The largest absolute Gasteiger partial charge is 0.455 e. The first kappa shape index (κ1) is 8.44. The first-order chi connectivity index (χ1) is 5.79. The highest BCUT2D eigenvalue weighted by Crippen LogP contribution is 2.07. The van der Waals surface area contributed by atoms with Gasteiger partial charge in [-0.25, -0.2) is 0 Å². The zero-order valence-electron chi connectivity index (χ0n) is 6.53. The fourth-order valence-corrected chi connectivity index (χ4v) is 1.18. The van der Waals surface area contributed by atoms with Crippen molar-refractivity contribution in [1.29, 1.82) is 5.26 Å². The van der Waals surface area contributed by atoms with E-state index in [0.717, 1.165) is 12.8 Å². The van der Waals surface area contributed by atoms with Crippen LogP contribution in [0.3, 0.4) is 0 Å². The lowest BCUT2D eigenvalue weighted by Crippen LogP contribution is -2.33. The van der Waals surface area contributed by atoms with Crippen LogP contribution < -0.4 is 0 Å². The van der Waals surface area contributed by atoms with E-state index in [-0.39, 0.29) is 0 Å². The lowest BCUT2D eigenvalue weighted by Gasteiger charge is -2.08.